The number of rotatable bonds is 4. The number of aliphatic imine (C=N–C) groups is 1. The molecule has 1 heteroatoms. The van der Waals surface area contributed by atoms with E-state index in [4.69, 9.17) is 0 Å². The van der Waals surface area contributed by atoms with Crippen LogP contribution in [0.4, 0.5) is 0 Å². The summed E-state index contributed by atoms with van der Waals surface area (Å²) in [6.45, 7) is 9.11. The molecule has 0 aromatic rings. The fraction of sp³-hybridized carbons (Fsp3) is 0.750. The lowest BCUT2D eigenvalue weighted by molar-refractivity contribution is 0.267. The van der Waals surface area contributed by atoms with Crippen LogP contribution in [0.3, 0.4) is 0 Å². The van der Waals surface area contributed by atoms with E-state index in [1.807, 2.05) is 6.21 Å². The molecule has 0 bridgehead atoms. The van der Waals surface area contributed by atoms with Crippen molar-refractivity contribution in [3.05, 3.63) is 12.2 Å². The summed E-state index contributed by atoms with van der Waals surface area (Å²) in [5.74, 6) is 1.34. The Hall–Kier alpha value is -0.590. The zero-order valence-electron chi connectivity index (χ0n) is 9.25. The van der Waals surface area contributed by atoms with Gasteiger partial charge in [0.05, 0.1) is 5.54 Å². The van der Waals surface area contributed by atoms with E-state index in [0.717, 1.165) is 0 Å². The second-order valence-electron chi connectivity index (χ2n) is 4.41. The maximum absolute atomic E-state index is 4.64. The molecule has 74 valence electrons. The fourth-order valence-corrected chi connectivity index (χ4v) is 2.06. The molecule has 1 heterocycles. The molecule has 0 N–H and O–H groups in total. The van der Waals surface area contributed by atoms with Crippen LogP contribution in [-0.4, -0.2) is 11.8 Å². The van der Waals surface area contributed by atoms with Gasteiger partial charge in [0.25, 0.3) is 0 Å². The van der Waals surface area contributed by atoms with Gasteiger partial charge >= 0.3 is 0 Å². The molecule has 0 aromatic carbocycles. The minimum absolute atomic E-state index is 0.114. The first-order valence-corrected chi connectivity index (χ1v) is 5.35. The summed E-state index contributed by atoms with van der Waals surface area (Å²) in [6.07, 6.45) is 8.71. The van der Waals surface area contributed by atoms with E-state index >= 15 is 0 Å². The molecule has 1 rings (SSSR count). The molecule has 1 aliphatic rings. The van der Waals surface area contributed by atoms with E-state index in [0.29, 0.717) is 11.8 Å². The molecule has 0 saturated carbocycles. The van der Waals surface area contributed by atoms with Crippen molar-refractivity contribution in [1.29, 1.82) is 0 Å². The number of allylic oxidation sites excluding steroid dienone is 1. The molecular formula is C12H21N. The van der Waals surface area contributed by atoms with Crippen molar-refractivity contribution in [1.82, 2.24) is 0 Å². The number of hydrogen-bond donors (Lipinski definition) is 0. The lowest BCUT2D eigenvalue weighted by Crippen LogP contribution is -2.34. The third-order valence-corrected chi connectivity index (χ3v) is 3.22. The number of nitrogens with zero attached hydrogens (tertiary/aromatic N) is 1. The average Bonchev–Trinajstić information content (AvgIpc) is 2.53. The molecule has 0 radical (unpaired) electrons. The fourth-order valence-electron chi connectivity index (χ4n) is 2.06. The van der Waals surface area contributed by atoms with E-state index in [2.05, 4.69) is 44.8 Å². The van der Waals surface area contributed by atoms with Crippen molar-refractivity contribution in [2.24, 2.45) is 16.8 Å². The molecule has 0 spiro atoms. The van der Waals surface area contributed by atoms with Crippen molar-refractivity contribution in [2.45, 2.75) is 46.1 Å². The first-order chi connectivity index (χ1) is 6.12. The molecule has 2 unspecified atom stereocenters. The molecular weight excluding hydrogens is 158 g/mol. The van der Waals surface area contributed by atoms with Gasteiger partial charge in [-0.05, 0) is 24.3 Å². The average molecular weight is 179 g/mol. The van der Waals surface area contributed by atoms with Crippen molar-refractivity contribution < 1.29 is 0 Å². The van der Waals surface area contributed by atoms with Gasteiger partial charge in [-0.1, -0.05) is 40.2 Å². The highest BCUT2D eigenvalue weighted by Crippen LogP contribution is 2.35. The Labute approximate surface area is 82.0 Å². The summed E-state index contributed by atoms with van der Waals surface area (Å²) < 4.78 is 0. The Morgan fingerprint density at radius 2 is 2.00 bits per heavy atom. The maximum Gasteiger partial charge on any atom is 0.0818 e. The molecule has 0 aliphatic carbocycles. The molecule has 0 saturated heterocycles. The monoisotopic (exact) mass is 179 g/mol. The van der Waals surface area contributed by atoms with Gasteiger partial charge in [0.15, 0.2) is 0 Å². The van der Waals surface area contributed by atoms with E-state index in [9.17, 15) is 0 Å². The summed E-state index contributed by atoms with van der Waals surface area (Å²) in [4.78, 5) is 4.64. The molecule has 0 fully saturated rings. The predicted octanol–water partition coefficient (Wildman–Crippen LogP) is 3.46. The van der Waals surface area contributed by atoms with Crippen LogP contribution in [0.5, 0.6) is 0 Å². The summed E-state index contributed by atoms with van der Waals surface area (Å²) in [6, 6.07) is 0. The van der Waals surface area contributed by atoms with Crippen LogP contribution in [0.15, 0.2) is 17.1 Å². The van der Waals surface area contributed by atoms with Gasteiger partial charge in [0.1, 0.15) is 0 Å². The van der Waals surface area contributed by atoms with Crippen molar-refractivity contribution in [2.75, 3.05) is 0 Å². The Morgan fingerprint density at radius 1 is 1.31 bits per heavy atom. The normalized spacial score (nSPS) is 28.7. The largest absolute Gasteiger partial charge is 0.282 e. The molecule has 1 nitrogen and oxygen atoms in total. The minimum Gasteiger partial charge on any atom is -0.282 e. The van der Waals surface area contributed by atoms with Gasteiger partial charge in [-0.25, -0.2) is 0 Å². The van der Waals surface area contributed by atoms with Gasteiger partial charge < -0.3 is 0 Å². The quantitative estimate of drug-likeness (QED) is 0.626. The minimum atomic E-state index is 0.114. The predicted molar refractivity (Wildman–Crippen MR) is 59.3 cm³/mol. The van der Waals surface area contributed by atoms with Gasteiger partial charge in [-0.2, -0.15) is 0 Å². The molecule has 2 atom stereocenters. The topological polar surface area (TPSA) is 12.4 Å². The summed E-state index contributed by atoms with van der Waals surface area (Å²) in [7, 11) is 0. The summed E-state index contributed by atoms with van der Waals surface area (Å²) in [5, 5.41) is 0. The standard InChI is InChI=1S/C12H21N/c1-5-7-12(8-6-9-13-12)11(4)10(2)3/h6,8-11H,5,7H2,1-4H3. The maximum atomic E-state index is 4.64. The van der Waals surface area contributed by atoms with E-state index in [1.54, 1.807) is 0 Å². The molecule has 1 aliphatic heterocycles. The third kappa shape index (κ3) is 2.01. The Kier molecular flexibility index (Phi) is 3.29. The first-order valence-electron chi connectivity index (χ1n) is 5.35. The van der Waals surface area contributed by atoms with E-state index in [1.165, 1.54) is 12.8 Å². The molecule has 13 heavy (non-hydrogen) atoms. The number of hydrogen-bond acceptors (Lipinski definition) is 1. The zero-order valence-corrected chi connectivity index (χ0v) is 9.25. The smallest absolute Gasteiger partial charge is 0.0818 e. The van der Waals surface area contributed by atoms with Crippen molar-refractivity contribution in [3.63, 3.8) is 0 Å². The van der Waals surface area contributed by atoms with Gasteiger partial charge in [-0.15, -0.1) is 0 Å². The highest BCUT2D eigenvalue weighted by Gasteiger charge is 2.34. The second kappa shape index (κ2) is 4.08. The zero-order chi connectivity index (χ0) is 9.90. The Balaban J connectivity index is 2.79. The second-order valence-corrected chi connectivity index (χ2v) is 4.41. The molecule has 0 amide bonds. The third-order valence-electron chi connectivity index (χ3n) is 3.22. The lowest BCUT2D eigenvalue weighted by atomic mass is 9.76. The Bertz CT molecular complexity index is 201. The van der Waals surface area contributed by atoms with Crippen LogP contribution in [-0.2, 0) is 0 Å². The van der Waals surface area contributed by atoms with Crippen molar-refractivity contribution in [3.8, 4) is 0 Å². The molecule has 0 aromatic heterocycles. The van der Waals surface area contributed by atoms with Gasteiger partial charge in [-0.3, -0.25) is 4.99 Å². The van der Waals surface area contributed by atoms with Crippen LogP contribution in [0.25, 0.3) is 0 Å². The SMILES string of the molecule is CCCC1(C(C)C(C)C)C=CC=N1. The van der Waals surface area contributed by atoms with Crippen molar-refractivity contribution >= 4 is 6.21 Å². The van der Waals surface area contributed by atoms with E-state index in [-0.39, 0.29) is 5.54 Å². The summed E-state index contributed by atoms with van der Waals surface area (Å²) in [5.41, 5.74) is 0.114. The van der Waals surface area contributed by atoms with Crippen LogP contribution < -0.4 is 0 Å². The van der Waals surface area contributed by atoms with E-state index < -0.39 is 0 Å². The van der Waals surface area contributed by atoms with Gasteiger partial charge in [0.2, 0.25) is 0 Å². The van der Waals surface area contributed by atoms with Gasteiger partial charge in [0, 0.05) is 6.21 Å². The van der Waals surface area contributed by atoms with Crippen LogP contribution in [0.2, 0.25) is 0 Å². The summed E-state index contributed by atoms with van der Waals surface area (Å²) >= 11 is 0. The van der Waals surface area contributed by atoms with Crippen LogP contribution in [0.1, 0.15) is 40.5 Å². The van der Waals surface area contributed by atoms with Crippen LogP contribution in [0, 0.1) is 11.8 Å². The van der Waals surface area contributed by atoms with Crippen LogP contribution >= 0.6 is 0 Å². The Morgan fingerprint density at radius 3 is 2.38 bits per heavy atom. The highest BCUT2D eigenvalue weighted by atomic mass is 14.9. The highest BCUT2D eigenvalue weighted by molar-refractivity contribution is 5.75. The first kappa shape index (κ1) is 10.5. The lowest BCUT2D eigenvalue weighted by Gasteiger charge is -2.33.